The maximum Gasteiger partial charge on any atom is 0.354 e. The molecule has 1 saturated heterocycles. The molecule has 0 radical (unpaired) electrons. The molecular formula is C12H22N4O3Si. The fourth-order valence-electron chi connectivity index (χ4n) is 2.36. The first-order chi connectivity index (χ1) is 9.30. The molecule has 3 atom stereocenters. The number of ether oxygens (including phenoxy) is 1. The van der Waals surface area contributed by atoms with Crippen LogP contribution in [0.4, 0.5) is 5.95 Å². The van der Waals surface area contributed by atoms with Gasteiger partial charge < -0.3 is 14.9 Å². The first kappa shape index (κ1) is 15.1. The van der Waals surface area contributed by atoms with Gasteiger partial charge in [0.15, 0.2) is 8.32 Å². The van der Waals surface area contributed by atoms with Gasteiger partial charge in [0.05, 0.1) is 12.2 Å². The second-order valence-electron chi connectivity index (χ2n) is 5.95. The van der Waals surface area contributed by atoms with Crippen LogP contribution in [0, 0.1) is 0 Å². The van der Waals surface area contributed by atoms with Gasteiger partial charge in [-0.3, -0.25) is 4.57 Å². The van der Waals surface area contributed by atoms with E-state index in [1.807, 2.05) is 0 Å². The fourth-order valence-corrected chi connectivity index (χ4v) is 3.52. The maximum atomic E-state index is 11.8. The van der Waals surface area contributed by atoms with Gasteiger partial charge in [-0.1, -0.05) is 6.92 Å². The number of nitrogen functional groups attached to an aromatic ring is 1. The molecule has 1 aliphatic heterocycles. The van der Waals surface area contributed by atoms with Crippen molar-refractivity contribution in [3.8, 4) is 0 Å². The minimum absolute atomic E-state index is 0.00354. The van der Waals surface area contributed by atoms with Gasteiger partial charge >= 0.3 is 5.69 Å². The van der Waals surface area contributed by atoms with Crippen LogP contribution in [0.15, 0.2) is 11.1 Å². The number of hydrogen-bond acceptors (Lipinski definition) is 6. The Morgan fingerprint density at radius 2 is 2.25 bits per heavy atom. The molecule has 0 aliphatic carbocycles. The number of anilines is 1. The largest absolute Gasteiger partial charge is 0.412 e. The van der Waals surface area contributed by atoms with Crippen molar-refractivity contribution in [2.24, 2.45) is 0 Å². The number of nitrogens with two attached hydrogens (primary N) is 1. The van der Waals surface area contributed by atoms with Gasteiger partial charge in [-0.05, 0) is 26.1 Å². The molecule has 0 amide bonds. The molecule has 1 aliphatic rings. The van der Waals surface area contributed by atoms with Gasteiger partial charge in [0.2, 0.25) is 5.95 Å². The highest BCUT2D eigenvalue weighted by Gasteiger charge is 2.38. The van der Waals surface area contributed by atoms with E-state index >= 15 is 0 Å². The predicted octanol–water partition coefficient (Wildman–Crippen LogP) is 1.14. The molecule has 20 heavy (non-hydrogen) atoms. The lowest BCUT2D eigenvalue weighted by Gasteiger charge is -2.25. The number of nitrogens with zero attached hydrogens (tertiary/aromatic N) is 3. The third-order valence-corrected chi connectivity index (χ3v) is 4.15. The van der Waals surface area contributed by atoms with Gasteiger partial charge in [0.1, 0.15) is 12.6 Å². The second kappa shape index (κ2) is 5.62. The molecule has 1 aromatic rings. The van der Waals surface area contributed by atoms with Crippen LogP contribution in [0.25, 0.3) is 0 Å². The summed E-state index contributed by atoms with van der Waals surface area (Å²) in [5.41, 5.74) is 4.96. The van der Waals surface area contributed by atoms with Crippen molar-refractivity contribution < 1.29 is 9.16 Å². The fraction of sp³-hybridized carbons (Fsp3) is 0.750. The zero-order chi connectivity index (χ0) is 14.9. The molecular weight excluding hydrogens is 276 g/mol. The zero-order valence-electron chi connectivity index (χ0n) is 12.4. The Morgan fingerprint density at radius 3 is 2.80 bits per heavy atom. The molecule has 0 saturated carbocycles. The Hall–Kier alpha value is -1.25. The lowest BCUT2D eigenvalue weighted by Crippen LogP contribution is -2.36. The van der Waals surface area contributed by atoms with Crippen LogP contribution in [0.5, 0.6) is 0 Å². The third kappa shape index (κ3) is 3.44. The Balaban J connectivity index is 2.18. The molecule has 2 heterocycles. The summed E-state index contributed by atoms with van der Waals surface area (Å²) in [6.07, 6.45) is 2.50. The molecule has 8 heteroatoms. The summed E-state index contributed by atoms with van der Waals surface area (Å²) in [6, 6.07) is 0. The second-order valence-corrected chi connectivity index (χ2v) is 10.4. The normalized spacial score (nSPS) is 26.9. The SMILES string of the molecule is CC[C@H]1O[C@@H](n2cnc(N)nc2=O)C[C@H]1O[Si](C)(C)C. The average molecular weight is 298 g/mol. The van der Waals surface area contributed by atoms with Crippen LogP contribution >= 0.6 is 0 Å². The molecule has 1 fully saturated rings. The highest BCUT2D eigenvalue weighted by Crippen LogP contribution is 2.32. The summed E-state index contributed by atoms with van der Waals surface area (Å²) in [6.45, 7) is 8.48. The summed E-state index contributed by atoms with van der Waals surface area (Å²) in [5, 5.41) is 0. The summed E-state index contributed by atoms with van der Waals surface area (Å²) in [5.74, 6) is -0.0220. The van der Waals surface area contributed by atoms with Crippen LogP contribution in [0.1, 0.15) is 26.0 Å². The van der Waals surface area contributed by atoms with Gasteiger partial charge in [0.25, 0.3) is 0 Å². The summed E-state index contributed by atoms with van der Waals surface area (Å²) in [7, 11) is -1.65. The Morgan fingerprint density at radius 1 is 1.55 bits per heavy atom. The third-order valence-electron chi connectivity index (χ3n) is 3.14. The lowest BCUT2D eigenvalue weighted by molar-refractivity contribution is -0.0194. The van der Waals surface area contributed by atoms with Crippen LogP contribution < -0.4 is 11.4 Å². The van der Waals surface area contributed by atoms with E-state index < -0.39 is 14.0 Å². The van der Waals surface area contributed by atoms with Crippen molar-refractivity contribution in [3.05, 3.63) is 16.8 Å². The van der Waals surface area contributed by atoms with E-state index in [-0.39, 0.29) is 24.4 Å². The summed E-state index contributed by atoms with van der Waals surface area (Å²) in [4.78, 5) is 19.3. The predicted molar refractivity (Wildman–Crippen MR) is 77.7 cm³/mol. The standard InChI is InChI=1S/C12H22N4O3Si/c1-5-8-9(19-20(2,3)4)6-10(18-8)16-7-14-11(13)15-12(16)17/h7-10H,5-6H2,1-4H3,(H2,13,15,17)/t8-,9-,10-/m1/s1. The van der Waals surface area contributed by atoms with Crippen molar-refractivity contribution in [2.45, 2.75) is 57.8 Å². The monoisotopic (exact) mass is 298 g/mol. The molecule has 7 nitrogen and oxygen atoms in total. The minimum atomic E-state index is -1.65. The summed E-state index contributed by atoms with van der Waals surface area (Å²) >= 11 is 0. The molecule has 0 bridgehead atoms. The van der Waals surface area contributed by atoms with E-state index in [1.165, 1.54) is 10.9 Å². The zero-order valence-corrected chi connectivity index (χ0v) is 13.4. The van der Waals surface area contributed by atoms with E-state index in [1.54, 1.807) is 0 Å². The number of rotatable bonds is 4. The Labute approximate surface area is 119 Å². The van der Waals surface area contributed by atoms with Crippen LogP contribution in [-0.4, -0.2) is 35.1 Å². The van der Waals surface area contributed by atoms with Crippen LogP contribution in [0.3, 0.4) is 0 Å². The maximum absolute atomic E-state index is 11.8. The van der Waals surface area contributed by atoms with E-state index in [4.69, 9.17) is 14.9 Å². The molecule has 2 N–H and O–H groups in total. The molecule has 112 valence electrons. The molecule has 0 unspecified atom stereocenters. The lowest BCUT2D eigenvalue weighted by atomic mass is 10.1. The highest BCUT2D eigenvalue weighted by molar-refractivity contribution is 6.69. The summed E-state index contributed by atoms with van der Waals surface area (Å²) < 4.78 is 13.4. The average Bonchev–Trinajstić information content (AvgIpc) is 2.69. The quantitative estimate of drug-likeness (QED) is 0.838. The van der Waals surface area contributed by atoms with E-state index in [2.05, 4.69) is 36.5 Å². The van der Waals surface area contributed by atoms with Crippen molar-refractivity contribution in [3.63, 3.8) is 0 Å². The van der Waals surface area contributed by atoms with E-state index in [0.717, 1.165) is 6.42 Å². The first-order valence-corrected chi connectivity index (χ1v) is 10.2. The molecule has 0 aromatic carbocycles. The Bertz CT molecular complexity index is 528. The molecule has 1 aromatic heterocycles. The van der Waals surface area contributed by atoms with Gasteiger partial charge in [-0.15, -0.1) is 0 Å². The van der Waals surface area contributed by atoms with Gasteiger partial charge in [-0.2, -0.15) is 4.98 Å². The molecule has 0 spiro atoms. The topological polar surface area (TPSA) is 92.3 Å². The van der Waals surface area contributed by atoms with Gasteiger partial charge in [-0.25, -0.2) is 9.78 Å². The first-order valence-electron chi connectivity index (χ1n) is 6.84. The smallest absolute Gasteiger partial charge is 0.354 e. The van der Waals surface area contributed by atoms with E-state index in [9.17, 15) is 4.79 Å². The van der Waals surface area contributed by atoms with Crippen molar-refractivity contribution >= 4 is 14.3 Å². The van der Waals surface area contributed by atoms with Crippen LogP contribution in [0.2, 0.25) is 19.6 Å². The number of aromatic nitrogens is 3. The Kier molecular flexibility index (Phi) is 4.26. The van der Waals surface area contributed by atoms with Crippen LogP contribution in [-0.2, 0) is 9.16 Å². The van der Waals surface area contributed by atoms with E-state index in [0.29, 0.717) is 6.42 Å². The molecule has 2 rings (SSSR count). The van der Waals surface area contributed by atoms with Crippen molar-refractivity contribution in [2.75, 3.05) is 5.73 Å². The number of hydrogen-bond donors (Lipinski definition) is 1. The highest BCUT2D eigenvalue weighted by atomic mass is 28.4. The van der Waals surface area contributed by atoms with Crippen molar-refractivity contribution in [1.29, 1.82) is 0 Å². The van der Waals surface area contributed by atoms with Gasteiger partial charge in [0, 0.05) is 6.42 Å². The minimum Gasteiger partial charge on any atom is -0.412 e. The van der Waals surface area contributed by atoms with Crippen molar-refractivity contribution in [1.82, 2.24) is 14.5 Å².